The first-order valence-electron chi connectivity index (χ1n) is 16.0. The molecule has 2 aromatic heterocycles. The SMILES string of the molecule is CC(C)CCCc1cc(Cl)c(F)c(-c2cc3cn(-c4ccc([C@@H]5CCC[C@@H](CCN=C(N)C6CC6)N5)cc4)c(=O)nc3[nH]2)c1. The first-order chi connectivity index (χ1) is 21.2. The van der Waals surface area contributed by atoms with Gasteiger partial charge in [0, 0.05) is 41.7 Å². The highest BCUT2D eigenvalue weighted by atomic mass is 35.5. The maximum Gasteiger partial charge on any atom is 0.354 e. The van der Waals surface area contributed by atoms with Gasteiger partial charge in [0.05, 0.1) is 22.2 Å². The van der Waals surface area contributed by atoms with Crippen LogP contribution in [0.1, 0.15) is 82.4 Å². The van der Waals surface area contributed by atoms with E-state index in [1.165, 1.54) is 23.0 Å². The lowest BCUT2D eigenvalue weighted by atomic mass is 9.92. The van der Waals surface area contributed by atoms with Gasteiger partial charge in [0.1, 0.15) is 5.65 Å². The number of aryl methyl sites for hydroxylation is 1. The molecule has 6 rings (SSSR count). The zero-order valence-corrected chi connectivity index (χ0v) is 26.3. The fourth-order valence-electron chi connectivity index (χ4n) is 6.26. The molecule has 9 heteroatoms. The van der Waals surface area contributed by atoms with E-state index in [2.05, 4.69) is 46.3 Å². The molecule has 2 aliphatic rings. The number of H-pyrrole nitrogens is 1. The van der Waals surface area contributed by atoms with Crippen LogP contribution in [0.3, 0.4) is 0 Å². The van der Waals surface area contributed by atoms with Crippen LogP contribution in [0.4, 0.5) is 4.39 Å². The number of nitrogens with two attached hydrogens (primary N) is 1. The first kappa shape index (κ1) is 30.5. The molecule has 2 atom stereocenters. The van der Waals surface area contributed by atoms with Gasteiger partial charge in [-0.05, 0) is 92.3 Å². The van der Waals surface area contributed by atoms with Crippen molar-refractivity contribution < 1.29 is 4.39 Å². The summed E-state index contributed by atoms with van der Waals surface area (Å²) in [4.78, 5) is 25.1. The third kappa shape index (κ3) is 7.08. The van der Waals surface area contributed by atoms with Crippen molar-refractivity contribution in [3.05, 3.63) is 81.1 Å². The Morgan fingerprint density at radius 2 is 1.95 bits per heavy atom. The van der Waals surface area contributed by atoms with Gasteiger partial charge in [-0.25, -0.2) is 9.18 Å². The van der Waals surface area contributed by atoms with Crippen LogP contribution >= 0.6 is 11.6 Å². The van der Waals surface area contributed by atoms with Crippen LogP contribution in [0.25, 0.3) is 28.0 Å². The summed E-state index contributed by atoms with van der Waals surface area (Å²) in [6, 6.07) is 14.2. The monoisotopic (exact) mass is 616 g/mol. The summed E-state index contributed by atoms with van der Waals surface area (Å²) in [5.74, 6) is 1.47. The Morgan fingerprint density at radius 3 is 2.70 bits per heavy atom. The van der Waals surface area contributed by atoms with Crippen LogP contribution < -0.4 is 16.7 Å². The van der Waals surface area contributed by atoms with Crippen molar-refractivity contribution in [3.8, 4) is 16.9 Å². The van der Waals surface area contributed by atoms with Gasteiger partial charge in [-0.2, -0.15) is 4.98 Å². The quantitative estimate of drug-likeness (QED) is 0.120. The molecule has 3 heterocycles. The normalized spacial score (nSPS) is 19.2. The molecule has 1 saturated heterocycles. The highest BCUT2D eigenvalue weighted by Gasteiger charge is 2.26. The standard InChI is InChI=1S/C35H42ClFN6O/c1-21(2)5-3-6-22-17-28(32(37)29(36)18-22)31-19-25-20-43(35(44)42-34(25)41-31)27-13-11-23(12-14-27)30-8-4-7-26(40-30)15-16-39-33(38)24-9-10-24/h11-14,17-21,24,26,30,40H,3-10,15-16H2,1-2H3,(H2,38,39)(H,41,42,44)/t26-,30-/m0/s1. The molecule has 1 aliphatic carbocycles. The van der Waals surface area contributed by atoms with Crippen molar-refractivity contribution in [1.82, 2.24) is 19.9 Å². The van der Waals surface area contributed by atoms with Crippen molar-refractivity contribution in [2.24, 2.45) is 22.6 Å². The molecule has 1 saturated carbocycles. The maximum absolute atomic E-state index is 15.2. The summed E-state index contributed by atoms with van der Waals surface area (Å²) in [6.07, 6.45) is 11.4. The lowest BCUT2D eigenvalue weighted by Crippen LogP contribution is -2.37. The van der Waals surface area contributed by atoms with Crippen molar-refractivity contribution in [2.45, 2.75) is 83.7 Å². The van der Waals surface area contributed by atoms with Gasteiger partial charge in [-0.3, -0.25) is 9.56 Å². The largest absolute Gasteiger partial charge is 0.387 e. The van der Waals surface area contributed by atoms with Crippen molar-refractivity contribution in [3.63, 3.8) is 0 Å². The average Bonchev–Trinajstić information content (AvgIpc) is 3.78. The molecule has 232 valence electrons. The Labute approximate surface area is 263 Å². The van der Waals surface area contributed by atoms with Crippen LogP contribution in [0.15, 0.2) is 58.4 Å². The minimum Gasteiger partial charge on any atom is -0.387 e. The van der Waals surface area contributed by atoms with E-state index in [1.807, 2.05) is 24.3 Å². The molecule has 0 unspecified atom stereocenters. The molecule has 2 fully saturated rings. The predicted octanol–water partition coefficient (Wildman–Crippen LogP) is 7.49. The number of hydrogen-bond donors (Lipinski definition) is 3. The minimum absolute atomic E-state index is 0.0962. The maximum atomic E-state index is 15.2. The summed E-state index contributed by atoms with van der Waals surface area (Å²) in [5, 5.41) is 4.60. The van der Waals surface area contributed by atoms with Gasteiger partial charge in [0.2, 0.25) is 0 Å². The van der Waals surface area contributed by atoms with E-state index < -0.39 is 11.5 Å². The van der Waals surface area contributed by atoms with Crippen molar-refractivity contribution >= 4 is 28.5 Å². The van der Waals surface area contributed by atoms with E-state index in [4.69, 9.17) is 17.3 Å². The second kappa shape index (κ2) is 13.2. The smallest absolute Gasteiger partial charge is 0.354 e. The number of fused-ring (bicyclic) bond motifs is 1. The minimum atomic E-state index is -0.481. The van der Waals surface area contributed by atoms with Crippen LogP contribution in [0.5, 0.6) is 0 Å². The molecule has 44 heavy (non-hydrogen) atoms. The Balaban J connectivity index is 1.17. The molecule has 7 nitrogen and oxygen atoms in total. The van der Waals surface area contributed by atoms with Crippen molar-refractivity contribution in [1.29, 1.82) is 0 Å². The Kier molecular flexibility index (Phi) is 9.19. The summed E-state index contributed by atoms with van der Waals surface area (Å²) in [5.41, 5.74) is 9.93. The fraction of sp³-hybridized carbons (Fsp3) is 0.457. The fourth-order valence-corrected chi connectivity index (χ4v) is 6.50. The summed E-state index contributed by atoms with van der Waals surface area (Å²) in [6.45, 7) is 5.16. The van der Waals surface area contributed by atoms with Crippen molar-refractivity contribution in [2.75, 3.05) is 6.54 Å². The number of amidine groups is 1. The predicted molar refractivity (Wildman–Crippen MR) is 177 cm³/mol. The van der Waals surface area contributed by atoms with Crippen LogP contribution in [0.2, 0.25) is 5.02 Å². The topological polar surface area (TPSA) is 101 Å². The third-order valence-electron chi connectivity index (χ3n) is 8.96. The Morgan fingerprint density at radius 1 is 1.16 bits per heavy atom. The van der Waals surface area contributed by atoms with Gasteiger partial charge in [-0.1, -0.05) is 50.4 Å². The number of aromatic nitrogens is 3. The third-order valence-corrected chi connectivity index (χ3v) is 9.23. The molecular formula is C35H42ClFN6O. The van der Waals surface area contributed by atoms with E-state index >= 15 is 4.39 Å². The lowest BCUT2D eigenvalue weighted by molar-refractivity contribution is 0.315. The van der Waals surface area contributed by atoms with Crippen LogP contribution in [-0.2, 0) is 6.42 Å². The van der Waals surface area contributed by atoms with E-state index in [0.717, 1.165) is 68.6 Å². The second-order valence-corrected chi connectivity index (χ2v) is 13.3. The molecule has 0 amide bonds. The molecule has 4 aromatic rings. The number of rotatable bonds is 11. The lowest BCUT2D eigenvalue weighted by Gasteiger charge is -2.31. The number of nitrogens with one attached hydrogen (secondary N) is 2. The molecule has 0 spiro atoms. The van der Waals surface area contributed by atoms with Gasteiger partial charge in [-0.15, -0.1) is 0 Å². The van der Waals surface area contributed by atoms with Crippen LogP contribution in [0, 0.1) is 17.7 Å². The summed E-state index contributed by atoms with van der Waals surface area (Å²) < 4.78 is 16.7. The summed E-state index contributed by atoms with van der Waals surface area (Å²) >= 11 is 6.29. The molecule has 1 aliphatic heterocycles. The van der Waals surface area contributed by atoms with E-state index in [-0.39, 0.29) is 11.1 Å². The zero-order valence-electron chi connectivity index (χ0n) is 25.6. The number of halogens is 2. The van der Waals surface area contributed by atoms with Gasteiger partial charge >= 0.3 is 5.69 Å². The van der Waals surface area contributed by atoms with Gasteiger partial charge in [0.25, 0.3) is 0 Å². The zero-order chi connectivity index (χ0) is 30.8. The van der Waals surface area contributed by atoms with Gasteiger partial charge < -0.3 is 16.0 Å². The highest BCUT2D eigenvalue weighted by Crippen LogP contribution is 2.32. The Bertz CT molecular complexity index is 1700. The number of piperidine rings is 1. The molecule has 2 aromatic carbocycles. The van der Waals surface area contributed by atoms with Crippen LogP contribution in [-0.4, -0.2) is 33.0 Å². The average molecular weight is 617 g/mol. The number of aliphatic imine (C=N–C) groups is 1. The molecular weight excluding hydrogens is 575 g/mol. The first-order valence-corrected chi connectivity index (χ1v) is 16.4. The molecule has 0 bridgehead atoms. The molecule has 0 radical (unpaired) electrons. The van der Waals surface area contributed by atoms with E-state index in [9.17, 15) is 4.79 Å². The number of nitrogens with zero attached hydrogens (tertiary/aromatic N) is 3. The number of benzene rings is 2. The van der Waals surface area contributed by atoms with E-state index in [1.54, 1.807) is 12.3 Å². The molecule has 4 N–H and O–H groups in total. The summed E-state index contributed by atoms with van der Waals surface area (Å²) in [7, 11) is 0. The Hall–Kier alpha value is -3.49. The number of aromatic amines is 1. The van der Waals surface area contributed by atoms with E-state index in [0.29, 0.717) is 40.2 Å². The van der Waals surface area contributed by atoms with Gasteiger partial charge in [0.15, 0.2) is 5.82 Å². The second-order valence-electron chi connectivity index (χ2n) is 12.9. The highest BCUT2D eigenvalue weighted by molar-refractivity contribution is 6.31. The number of hydrogen-bond acceptors (Lipinski definition) is 4.